The van der Waals surface area contributed by atoms with Gasteiger partial charge in [0.1, 0.15) is 0 Å². The minimum Gasteiger partial charge on any atom is -0.0991 e. The maximum atomic E-state index is 3.76. The first-order valence-corrected chi connectivity index (χ1v) is 4.91. The zero-order valence-corrected chi connectivity index (χ0v) is 9.76. The molecule has 0 aliphatic carbocycles. The van der Waals surface area contributed by atoms with Crippen molar-refractivity contribution in [3.05, 3.63) is 59.2 Å². The first kappa shape index (κ1) is 12.2. The zero-order chi connectivity index (χ0) is 10.3. The highest BCUT2D eigenvalue weighted by atomic mass is 79.9. The first-order chi connectivity index (χ1) is 6.17. The van der Waals surface area contributed by atoms with Gasteiger partial charge in [-0.25, -0.2) is 0 Å². The molecule has 0 N–H and O–H groups in total. The van der Waals surface area contributed by atoms with Gasteiger partial charge < -0.3 is 0 Å². The van der Waals surface area contributed by atoms with Crippen molar-refractivity contribution < 1.29 is 0 Å². The quantitative estimate of drug-likeness (QED) is 0.632. The number of hydrogen-bond acceptors (Lipinski definition) is 0. The lowest BCUT2D eigenvalue weighted by Gasteiger charge is -2.02. The van der Waals surface area contributed by atoms with E-state index in [2.05, 4.69) is 36.0 Å². The predicted octanol–water partition coefficient (Wildman–Crippen LogP) is 4.53. The SMILES string of the molecule is C=C\C=C/C(C=C)=C(C)/C(Br)=C\C. The molecule has 0 aromatic heterocycles. The van der Waals surface area contributed by atoms with E-state index in [9.17, 15) is 0 Å². The topological polar surface area (TPSA) is 0 Å². The van der Waals surface area contributed by atoms with Crippen LogP contribution >= 0.6 is 15.9 Å². The molecule has 0 aromatic rings. The Morgan fingerprint density at radius 3 is 2.31 bits per heavy atom. The molecule has 0 aliphatic rings. The third-order valence-electron chi connectivity index (χ3n) is 1.68. The Morgan fingerprint density at radius 1 is 1.31 bits per heavy atom. The Hall–Kier alpha value is -0.820. The Morgan fingerprint density at radius 2 is 1.92 bits per heavy atom. The Balaban J connectivity index is 5.00. The van der Waals surface area contributed by atoms with E-state index in [0.717, 1.165) is 10.1 Å². The second-order valence-electron chi connectivity index (χ2n) is 2.52. The molecule has 0 heterocycles. The average molecular weight is 239 g/mol. The van der Waals surface area contributed by atoms with Gasteiger partial charge in [-0.2, -0.15) is 0 Å². The van der Waals surface area contributed by atoms with Gasteiger partial charge in [-0.3, -0.25) is 0 Å². The van der Waals surface area contributed by atoms with E-state index in [1.807, 2.05) is 31.2 Å². The summed E-state index contributed by atoms with van der Waals surface area (Å²) in [5.74, 6) is 0. The molecule has 70 valence electrons. The molecular weight excluding hydrogens is 224 g/mol. The molecule has 1 heteroatoms. The smallest absolute Gasteiger partial charge is 0.0167 e. The highest BCUT2D eigenvalue weighted by Crippen LogP contribution is 2.21. The molecule has 0 rings (SSSR count). The maximum absolute atomic E-state index is 3.76. The summed E-state index contributed by atoms with van der Waals surface area (Å²) in [7, 11) is 0. The highest BCUT2D eigenvalue weighted by molar-refractivity contribution is 9.12. The molecule has 0 unspecified atom stereocenters. The summed E-state index contributed by atoms with van der Waals surface area (Å²) in [5, 5.41) is 0. The normalized spacial score (nSPS) is 14.2. The van der Waals surface area contributed by atoms with Crippen LogP contribution < -0.4 is 0 Å². The molecular formula is C12H15Br. The second kappa shape index (κ2) is 6.67. The zero-order valence-electron chi connectivity index (χ0n) is 8.18. The lowest BCUT2D eigenvalue weighted by Crippen LogP contribution is -1.81. The van der Waals surface area contributed by atoms with Crippen molar-refractivity contribution in [3.8, 4) is 0 Å². The van der Waals surface area contributed by atoms with E-state index in [1.54, 1.807) is 6.08 Å². The fourth-order valence-electron chi connectivity index (χ4n) is 0.872. The van der Waals surface area contributed by atoms with Gasteiger partial charge in [0.05, 0.1) is 0 Å². The van der Waals surface area contributed by atoms with Crippen molar-refractivity contribution in [2.75, 3.05) is 0 Å². The van der Waals surface area contributed by atoms with Crippen molar-refractivity contribution in [1.82, 2.24) is 0 Å². The molecule has 0 amide bonds. The largest absolute Gasteiger partial charge is 0.0991 e. The molecule has 0 spiro atoms. The molecule has 0 nitrogen and oxygen atoms in total. The molecule has 0 radical (unpaired) electrons. The van der Waals surface area contributed by atoms with Crippen LogP contribution in [-0.4, -0.2) is 0 Å². The Bertz CT molecular complexity index is 277. The van der Waals surface area contributed by atoms with E-state index in [-0.39, 0.29) is 0 Å². The number of halogens is 1. The van der Waals surface area contributed by atoms with E-state index in [0.29, 0.717) is 0 Å². The van der Waals surface area contributed by atoms with Crippen LogP contribution in [0.2, 0.25) is 0 Å². The highest BCUT2D eigenvalue weighted by Gasteiger charge is 1.97. The van der Waals surface area contributed by atoms with Crippen LogP contribution in [0, 0.1) is 0 Å². The Labute approximate surface area is 89.2 Å². The Kier molecular flexibility index (Phi) is 6.25. The van der Waals surface area contributed by atoms with Crippen LogP contribution in [0.15, 0.2) is 59.2 Å². The lowest BCUT2D eigenvalue weighted by molar-refractivity contribution is 1.42. The standard InChI is InChI=1S/C12H15Br/c1-5-8-9-11(6-2)10(4)12(13)7-3/h5-9H,1-2H2,3-4H3/b9-8-,11-10+,12-7+. The van der Waals surface area contributed by atoms with Gasteiger partial charge in [0.2, 0.25) is 0 Å². The maximum Gasteiger partial charge on any atom is 0.0167 e. The van der Waals surface area contributed by atoms with E-state index in [4.69, 9.17) is 0 Å². The van der Waals surface area contributed by atoms with Crippen LogP contribution in [0.3, 0.4) is 0 Å². The molecule has 0 aromatic carbocycles. The molecule has 0 saturated carbocycles. The summed E-state index contributed by atoms with van der Waals surface area (Å²) < 4.78 is 1.09. The van der Waals surface area contributed by atoms with Crippen molar-refractivity contribution in [2.45, 2.75) is 13.8 Å². The van der Waals surface area contributed by atoms with Crippen molar-refractivity contribution in [3.63, 3.8) is 0 Å². The van der Waals surface area contributed by atoms with Crippen LogP contribution in [-0.2, 0) is 0 Å². The van der Waals surface area contributed by atoms with Crippen LogP contribution in [0.4, 0.5) is 0 Å². The summed E-state index contributed by atoms with van der Waals surface area (Å²) in [4.78, 5) is 0. The number of hydrogen-bond donors (Lipinski definition) is 0. The summed E-state index contributed by atoms with van der Waals surface area (Å²) in [6, 6.07) is 0. The molecule has 0 atom stereocenters. The summed E-state index contributed by atoms with van der Waals surface area (Å²) in [6.45, 7) is 11.4. The van der Waals surface area contributed by atoms with Crippen LogP contribution in [0.1, 0.15) is 13.8 Å². The minimum absolute atomic E-state index is 1.09. The van der Waals surface area contributed by atoms with Gasteiger partial charge in [-0.1, -0.05) is 59.5 Å². The lowest BCUT2D eigenvalue weighted by atomic mass is 10.1. The van der Waals surface area contributed by atoms with Gasteiger partial charge in [-0.15, -0.1) is 0 Å². The van der Waals surface area contributed by atoms with Gasteiger partial charge >= 0.3 is 0 Å². The fourth-order valence-corrected chi connectivity index (χ4v) is 1.10. The van der Waals surface area contributed by atoms with E-state index in [1.165, 1.54) is 5.57 Å². The van der Waals surface area contributed by atoms with Gasteiger partial charge in [-0.05, 0) is 25.0 Å². The van der Waals surface area contributed by atoms with Gasteiger partial charge in [0, 0.05) is 4.48 Å². The fraction of sp³-hybridized carbons (Fsp3) is 0.167. The average Bonchev–Trinajstić information content (AvgIpc) is 2.17. The first-order valence-electron chi connectivity index (χ1n) is 4.12. The predicted molar refractivity (Wildman–Crippen MR) is 64.9 cm³/mol. The molecule has 0 saturated heterocycles. The molecule has 0 bridgehead atoms. The van der Waals surface area contributed by atoms with Crippen LogP contribution in [0.5, 0.6) is 0 Å². The third kappa shape index (κ3) is 4.09. The van der Waals surface area contributed by atoms with Crippen LogP contribution in [0.25, 0.3) is 0 Å². The minimum atomic E-state index is 1.09. The number of rotatable bonds is 4. The molecule has 13 heavy (non-hydrogen) atoms. The van der Waals surface area contributed by atoms with E-state index >= 15 is 0 Å². The third-order valence-corrected chi connectivity index (χ3v) is 2.73. The second-order valence-corrected chi connectivity index (χ2v) is 3.37. The molecule has 0 aliphatic heterocycles. The van der Waals surface area contributed by atoms with Crippen molar-refractivity contribution in [1.29, 1.82) is 0 Å². The number of allylic oxidation sites excluding steroid dienone is 8. The summed E-state index contributed by atoms with van der Waals surface area (Å²) in [6.07, 6.45) is 9.48. The van der Waals surface area contributed by atoms with Gasteiger partial charge in [0.15, 0.2) is 0 Å². The monoisotopic (exact) mass is 238 g/mol. The van der Waals surface area contributed by atoms with E-state index < -0.39 is 0 Å². The summed E-state index contributed by atoms with van der Waals surface area (Å²) >= 11 is 3.47. The summed E-state index contributed by atoms with van der Waals surface area (Å²) in [5.41, 5.74) is 2.28. The van der Waals surface area contributed by atoms with Crippen molar-refractivity contribution >= 4 is 15.9 Å². The van der Waals surface area contributed by atoms with Crippen molar-refractivity contribution in [2.24, 2.45) is 0 Å². The van der Waals surface area contributed by atoms with Gasteiger partial charge in [0.25, 0.3) is 0 Å². The molecule has 0 fully saturated rings.